The third-order valence-corrected chi connectivity index (χ3v) is 2.13. The van der Waals surface area contributed by atoms with Gasteiger partial charge in [-0.2, -0.15) is 0 Å². The van der Waals surface area contributed by atoms with Crippen molar-refractivity contribution in [2.75, 3.05) is 19.0 Å². The number of primary amides is 1. The quantitative estimate of drug-likeness (QED) is 0.680. The predicted molar refractivity (Wildman–Crippen MR) is 62.3 cm³/mol. The summed E-state index contributed by atoms with van der Waals surface area (Å²) in [6.07, 6.45) is 3.80. The van der Waals surface area contributed by atoms with Gasteiger partial charge in [0, 0.05) is 19.2 Å². The minimum Gasteiger partial charge on any atom is -0.493 e. The van der Waals surface area contributed by atoms with E-state index in [4.69, 9.17) is 10.5 Å². The summed E-state index contributed by atoms with van der Waals surface area (Å²) >= 11 is 0. The van der Waals surface area contributed by atoms with Crippen LogP contribution in [0.3, 0.4) is 0 Å². The number of carbonyl (C=O) groups excluding carboxylic acids is 1. The van der Waals surface area contributed by atoms with Gasteiger partial charge in [-0.15, -0.1) is 0 Å². The molecule has 0 atom stereocenters. The molecule has 1 aromatic heterocycles. The Labute approximate surface area is 95.0 Å². The van der Waals surface area contributed by atoms with Crippen molar-refractivity contribution in [3.63, 3.8) is 0 Å². The van der Waals surface area contributed by atoms with E-state index in [0.29, 0.717) is 6.42 Å². The van der Waals surface area contributed by atoms with Crippen molar-refractivity contribution in [3.8, 4) is 5.75 Å². The number of methoxy groups -OCH3 is 1. The van der Waals surface area contributed by atoms with E-state index in [2.05, 4.69) is 10.3 Å². The van der Waals surface area contributed by atoms with Crippen LogP contribution in [0.4, 0.5) is 5.82 Å². The normalized spacial score (nSPS) is 9.81. The Bertz CT molecular complexity index is 342. The predicted octanol–water partition coefficient (Wildman–Crippen LogP) is 1.16. The summed E-state index contributed by atoms with van der Waals surface area (Å²) in [4.78, 5) is 14.7. The van der Waals surface area contributed by atoms with E-state index in [0.717, 1.165) is 31.0 Å². The van der Waals surface area contributed by atoms with Crippen LogP contribution in [-0.4, -0.2) is 24.5 Å². The molecule has 5 nitrogen and oxygen atoms in total. The molecular formula is C11H17N3O2. The monoisotopic (exact) mass is 223 g/mol. The van der Waals surface area contributed by atoms with Gasteiger partial charge in [-0.05, 0) is 25.0 Å². The molecule has 0 saturated carbocycles. The summed E-state index contributed by atoms with van der Waals surface area (Å²) in [6, 6.07) is 3.66. The SMILES string of the molecule is COc1cccnc1NCCCCC(N)=O. The Balaban J connectivity index is 2.28. The maximum absolute atomic E-state index is 10.5. The van der Waals surface area contributed by atoms with Crippen LogP contribution in [0.5, 0.6) is 5.75 Å². The number of ether oxygens (including phenoxy) is 1. The van der Waals surface area contributed by atoms with Crippen molar-refractivity contribution < 1.29 is 9.53 Å². The molecule has 16 heavy (non-hydrogen) atoms. The minimum atomic E-state index is -0.254. The van der Waals surface area contributed by atoms with Crippen molar-refractivity contribution in [2.45, 2.75) is 19.3 Å². The number of nitrogens with zero attached hydrogens (tertiary/aromatic N) is 1. The number of unbranched alkanes of at least 4 members (excludes halogenated alkanes) is 1. The number of aromatic nitrogens is 1. The molecule has 0 aromatic carbocycles. The fraction of sp³-hybridized carbons (Fsp3) is 0.455. The van der Waals surface area contributed by atoms with Gasteiger partial charge in [0.25, 0.3) is 0 Å². The van der Waals surface area contributed by atoms with E-state index in [1.807, 2.05) is 12.1 Å². The van der Waals surface area contributed by atoms with Crippen LogP contribution in [0.1, 0.15) is 19.3 Å². The highest BCUT2D eigenvalue weighted by atomic mass is 16.5. The third kappa shape index (κ3) is 4.16. The van der Waals surface area contributed by atoms with Crippen molar-refractivity contribution in [2.24, 2.45) is 5.73 Å². The summed E-state index contributed by atoms with van der Waals surface area (Å²) < 4.78 is 5.14. The number of pyridine rings is 1. The minimum absolute atomic E-state index is 0.254. The molecule has 0 aliphatic carbocycles. The standard InChI is InChI=1S/C11H17N3O2/c1-16-9-5-4-8-14-11(9)13-7-3-2-6-10(12)15/h4-5,8H,2-3,6-7H2,1H3,(H2,12,15)(H,13,14). The largest absolute Gasteiger partial charge is 0.493 e. The van der Waals surface area contributed by atoms with Gasteiger partial charge in [0.1, 0.15) is 0 Å². The summed E-state index contributed by atoms with van der Waals surface area (Å²) in [5.74, 6) is 1.19. The fourth-order valence-electron chi connectivity index (χ4n) is 1.32. The molecule has 5 heteroatoms. The molecule has 1 heterocycles. The number of rotatable bonds is 7. The summed E-state index contributed by atoms with van der Waals surface area (Å²) in [6.45, 7) is 0.751. The molecule has 0 fully saturated rings. The van der Waals surface area contributed by atoms with Crippen LogP contribution in [0.15, 0.2) is 18.3 Å². The smallest absolute Gasteiger partial charge is 0.217 e. The zero-order valence-corrected chi connectivity index (χ0v) is 9.40. The van der Waals surface area contributed by atoms with Crippen LogP contribution >= 0.6 is 0 Å². The van der Waals surface area contributed by atoms with Gasteiger partial charge in [-0.25, -0.2) is 4.98 Å². The number of anilines is 1. The third-order valence-electron chi connectivity index (χ3n) is 2.13. The topological polar surface area (TPSA) is 77.2 Å². The Morgan fingerprint density at radius 3 is 3.06 bits per heavy atom. The van der Waals surface area contributed by atoms with Gasteiger partial charge >= 0.3 is 0 Å². The van der Waals surface area contributed by atoms with E-state index in [1.54, 1.807) is 13.3 Å². The maximum Gasteiger partial charge on any atom is 0.217 e. The van der Waals surface area contributed by atoms with E-state index in [-0.39, 0.29) is 5.91 Å². The molecule has 0 unspecified atom stereocenters. The summed E-state index contributed by atoms with van der Waals surface area (Å²) in [5, 5.41) is 3.15. The van der Waals surface area contributed by atoms with Gasteiger partial charge in [-0.3, -0.25) is 4.79 Å². The highest BCUT2D eigenvalue weighted by molar-refractivity contribution is 5.73. The summed E-state index contributed by atoms with van der Waals surface area (Å²) in [7, 11) is 1.61. The molecule has 1 aromatic rings. The van der Waals surface area contributed by atoms with Crippen LogP contribution < -0.4 is 15.8 Å². The Kier molecular flexibility index (Phi) is 5.11. The second-order valence-corrected chi connectivity index (χ2v) is 3.40. The number of hydrogen-bond donors (Lipinski definition) is 2. The van der Waals surface area contributed by atoms with Gasteiger partial charge in [0.2, 0.25) is 5.91 Å². The first-order valence-corrected chi connectivity index (χ1v) is 5.25. The fourth-order valence-corrected chi connectivity index (χ4v) is 1.32. The molecule has 0 spiro atoms. The maximum atomic E-state index is 10.5. The van der Waals surface area contributed by atoms with Crippen molar-refractivity contribution in [1.29, 1.82) is 0 Å². The Morgan fingerprint density at radius 2 is 2.38 bits per heavy atom. The Morgan fingerprint density at radius 1 is 1.56 bits per heavy atom. The van der Waals surface area contributed by atoms with Crippen LogP contribution in [0, 0.1) is 0 Å². The van der Waals surface area contributed by atoms with E-state index in [1.165, 1.54) is 0 Å². The lowest BCUT2D eigenvalue weighted by Gasteiger charge is -2.08. The molecule has 0 aliphatic heterocycles. The number of nitrogens with two attached hydrogens (primary N) is 1. The van der Waals surface area contributed by atoms with Crippen LogP contribution in [0.25, 0.3) is 0 Å². The first-order chi connectivity index (χ1) is 7.74. The molecule has 1 rings (SSSR count). The second kappa shape index (κ2) is 6.66. The van der Waals surface area contributed by atoms with Gasteiger partial charge in [0.05, 0.1) is 7.11 Å². The molecule has 0 aliphatic rings. The Hall–Kier alpha value is -1.78. The van der Waals surface area contributed by atoms with Crippen molar-refractivity contribution in [1.82, 2.24) is 4.98 Å². The highest BCUT2D eigenvalue weighted by Crippen LogP contribution is 2.19. The lowest BCUT2D eigenvalue weighted by Crippen LogP contribution is -2.11. The molecule has 88 valence electrons. The first kappa shape index (κ1) is 12.3. The number of amides is 1. The highest BCUT2D eigenvalue weighted by Gasteiger charge is 2.01. The molecule has 0 bridgehead atoms. The molecule has 1 amide bonds. The van der Waals surface area contributed by atoms with Crippen molar-refractivity contribution in [3.05, 3.63) is 18.3 Å². The van der Waals surface area contributed by atoms with Gasteiger partial charge in [-0.1, -0.05) is 0 Å². The zero-order chi connectivity index (χ0) is 11.8. The van der Waals surface area contributed by atoms with Crippen LogP contribution in [-0.2, 0) is 4.79 Å². The zero-order valence-electron chi connectivity index (χ0n) is 9.40. The molecule has 3 N–H and O–H groups in total. The van der Waals surface area contributed by atoms with Gasteiger partial charge < -0.3 is 15.8 Å². The van der Waals surface area contributed by atoms with E-state index in [9.17, 15) is 4.79 Å². The number of nitrogens with one attached hydrogen (secondary N) is 1. The lowest BCUT2D eigenvalue weighted by molar-refractivity contribution is -0.118. The number of carbonyl (C=O) groups is 1. The second-order valence-electron chi connectivity index (χ2n) is 3.40. The van der Waals surface area contributed by atoms with Crippen LogP contribution in [0.2, 0.25) is 0 Å². The molecular weight excluding hydrogens is 206 g/mol. The summed E-state index contributed by atoms with van der Waals surface area (Å²) in [5.41, 5.74) is 5.04. The number of hydrogen-bond acceptors (Lipinski definition) is 4. The van der Waals surface area contributed by atoms with Gasteiger partial charge in [0.15, 0.2) is 11.6 Å². The van der Waals surface area contributed by atoms with E-state index < -0.39 is 0 Å². The first-order valence-electron chi connectivity index (χ1n) is 5.25. The average Bonchev–Trinajstić information content (AvgIpc) is 2.29. The molecule has 0 radical (unpaired) electrons. The lowest BCUT2D eigenvalue weighted by atomic mass is 10.2. The van der Waals surface area contributed by atoms with Crippen molar-refractivity contribution >= 4 is 11.7 Å². The molecule has 0 saturated heterocycles. The van der Waals surface area contributed by atoms with E-state index >= 15 is 0 Å². The average molecular weight is 223 g/mol.